The fourth-order valence-electron chi connectivity index (χ4n) is 2.83. The largest absolute Gasteiger partial charge is 0.467 e. The van der Waals surface area contributed by atoms with Gasteiger partial charge >= 0.3 is 0 Å². The average Bonchev–Trinajstić information content (AvgIpc) is 3.32. The van der Waals surface area contributed by atoms with E-state index in [0.717, 1.165) is 15.5 Å². The second-order valence-electron chi connectivity index (χ2n) is 6.15. The summed E-state index contributed by atoms with van der Waals surface area (Å²) in [5.41, 5.74) is 1.65. The van der Waals surface area contributed by atoms with Crippen LogP contribution in [0.4, 0.5) is 5.13 Å². The number of aromatic nitrogens is 1. The summed E-state index contributed by atoms with van der Waals surface area (Å²) >= 11 is 1.38. The molecule has 4 rings (SSSR count). The zero-order valence-corrected chi connectivity index (χ0v) is 15.4. The number of hydrogen-bond donors (Lipinski definition) is 1. The molecule has 0 radical (unpaired) electrons. The van der Waals surface area contributed by atoms with Gasteiger partial charge in [-0.25, -0.2) is 4.98 Å². The van der Waals surface area contributed by atoms with Gasteiger partial charge in [0, 0.05) is 10.4 Å². The molecule has 7 nitrogen and oxygen atoms in total. The molecule has 3 aromatic rings. The van der Waals surface area contributed by atoms with E-state index in [4.69, 9.17) is 4.42 Å². The predicted molar refractivity (Wildman–Crippen MR) is 98.9 cm³/mol. The Kier molecular flexibility index (Phi) is 4.12. The molecule has 136 valence electrons. The summed E-state index contributed by atoms with van der Waals surface area (Å²) < 4.78 is 5.21. The van der Waals surface area contributed by atoms with Crippen LogP contribution in [0.2, 0.25) is 0 Å². The van der Waals surface area contributed by atoms with Gasteiger partial charge in [0.1, 0.15) is 5.76 Å². The van der Waals surface area contributed by atoms with Gasteiger partial charge in [-0.15, -0.1) is 11.3 Å². The molecule has 0 aliphatic carbocycles. The Bertz CT molecular complexity index is 1050. The number of aryl methyl sites for hydroxylation is 2. The van der Waals surface area contributed by atoms with Crippen molar-refractivity contribution in [1.82, 2.24) is 9.88 Å². The molecule has 3 heterocycles. The van der Waals surface area contributed by atoms with E-state index in [1.54, 1.807) is 12.1 Å². The minimum atomic E-state index is -0.443. The lowest BCUT2D eigenvalue weighted by Crippen LogP contribution is -2.28. The Morgan fingerprint density at radius 1 is 1.19 bits per heavy atom. The molecule has 3 amide bonds. The number of fused-ring (bicyclic) bond motifs is 1. The molecule has 0 fully saturated rings. The molecular weight excluding hydrogens is 366 g/mol. The Hall–Kier alpha value is -3.26. The molecule has 1 aliphatic heterocycles. The normalized spacial score (nSPS) is 13.2. The summed E-state index contributed by atoms with van der Waals surface area (Å²) in [5.74, 6) is -0.709. The molecular formula is C19H15N3O4S. The number of furan rings is 1. The van der Waals surface area contributed by atoms with Crippen molar-refractivity contribution in [3.05, 3.63) is 69.6 Å². The first kappa shape index (κ1) is 17.2. The number of carbonyl (C=O) groups is 3. The number of imide groups is 1. The molecule has 0 spiro atoms. The van der Waals surface area contributed by atoms with E-state index in [0.29, 0.717) is 16.5 Å². The zero-order valence-electron chi connectivity index (χ0n) is 14.6. The van der Waals surface area contributed by atoms with Crippen molar-refractivity contribution >= 4 is 34.2 Å². The van der Waals surface area contributed by atoms with Crippen molar-refractivity contribution in [3.63, 3.8) is 0 Å². The lowest BCUT2D eigenvalue weighted by atomic mass is 10.1. The standard InChI is InChI=1S/C19H15N3O4S/c1-10-11(2)27-19(20-10)21-16(23)12-5-6-14-15(8-12)18(25)22(17(14)24)9-13-4-3-7-26-13/h3-8H,9H2,1-2H3,(H,20,21,23). The molecule has 1 aromatic carbocycles. The molecule has 0 bridgehead atoms. The number of anilines is 1. The molecule has 0 saturated heterocycles. The van der Waals surface area contributed by atoms with Gasteiger partial charge in [-0.3, -0.25) is 24.6 Å². The average molecular weight is 381 g/mol. The zero-order chi connectivity index (χ0) is 19.1. The van der Waals surface area contributed by atoms with E-state index in [1.807, 2.05) is 13.8 Å². The fourth-order valence-corrected chi connectivity index (χ4v) is 3.64. The smallest absolute Gasteiger partial charge is 0.261 e. The molecule has 2 aromatic heterocycles. The van der Waals surface area contributed by atoms with E-state index in [2.05, 4.69) is 10.3 Å². The molecule has 27 heavy (non-hydrogen) atoms. The maximum atomic E-state index is 12.6. The van der Waals surface area contributed by atoms with Crippen LogP contribution in [0.15, 0.2) is 41.0 Å². The van der Waals surface area contributed by atoms with Crippen LogP contribution >= 0.6 is 11.3 Å². The van der Waals surface area contributed by atoms with E-state index in [1.165, 1.54) is 35.8 Å². The highest BCUT2D eigenvalue weighted by molar-refractivity contribution is 7.15. The fraction of sp³-hybridized carbons (Fsp3) is 0.158. The molecule has 1 aliphatic rings. The highest BCUT2D eigenvalue weighted by atomic mass is 32.1. The molecule has 8 heteroatoms. The topological polar surface area (TPSA) is 92.5 Å². The summed E-state index contributed by atoms with van der Waals surface area (Å²) in [7, 11) is 0. The van der Waals surface area contributed by atoms with Crippen LogP contribution in [0.25, 0.3) is 0 Å². The van der Waals surface area contributed by atoms with Crippen LogP contribution in [-0.4, -0.2) is 27.6 Å². The number of amides is 3. The quantitative estimate of drug-likeness (QED) is 0.699. The summed E-state index contributed by atoms with van der Waals surface area (Å²) in [6.07, 6.45) is 1.48. The van der Waals surface area contributed by atoms with Gasteiger partial charge < -0.3 is 4.42 Å². The van der Waals surface area contributed by atoms with Gasteiger partial charge in [0.2, 0.25) is 0 Å². The molecule has 0 atom stereocenters. The highest BCUT2D eigenvalue weighted by Crippen LogP contribution is 2.27. The minimum absolute atomic E-state index is 0.0541. The first-order valence-corrected chi connectivity index (χ1v) is 9.03. The van der Waals surface area contributed by atoms with Gasteiger partial charge in [-0.2, -0.15) is 0 Å². The van der Waals surface area contributed by atoms with Gasteiger partial charge in [0.25, 0.3) is 17.7 Å². The van der Waals surface area contributed by atoms with Crippen LogP contribution in [0.3, 0.4) is 0 Å². The monoisotopic (exact) mass is 381 g/mol. The number of benzene rings is 1. The first-order valence-electron chi connectivity index (χ1n) is 8.22. The third-order valence-corrected chi connectivity index (χ3v) is 5.36. The Balaban J connectivity index is 1.57. The Morgan fingerprint density at radius 2 is 1.96 bits per heavy atom. The number of nitrogens with zero attached hydrogens (tertiary/aromatic N) is 2. The third kappa shape index (κ3) is 3.04. The van der Waals surface area contributed by atoms with E-state index in [-0.39, 0.29) is 23.6 Å². The van der Waals surface area contributed by atoms with Crippen LogP contribution < -0.4 is 5.32 Å². The van der Waals surface area contributed by atoms with Crippen LogP contribution in [0.1, 0.15) is 47.4 Å². The number of hydrogen-bond acceptors (Lipinski definition) is 6. The number of carbonyl (C=O) groups excluding carboxylic acids is 3. The number of rotatable bonds is 4. The van der Waals surface area contributed by atoms with Crippen LogP contribution in [0, 0.1) is 13.8 Å². The lowest BCUT2D eigenvalue weighted by Gasteiger charge is -2.11. The maximum absolute atomic E-state index is 12.6. The van der Waals surface area contributed by atoms with Gasteiger partial charge in [0.15, 0.2) is 5.13 Å². The maximum Gasteiger partial charge on any atom is 0.261 e. The Morgan fingerprint density at radius 3 is 2.63 bits per heavy atom. The van der Waals surface area contributed by atoms with E-state index >= 15 is 0 Å². The van der Waals surface area contributed by atoms with Crippen molar-refractivity contribution in [1.29, 1.82) is 0 Å². The molecule has 1 N–H and O–H groups in total. The molecule has 0 saturated carbocycles. The SMILES string of the molecule is Cc1nc(NC(=O)c2ccc3c(c2)C(=O)N(Cc2ccco2)C3=O)sc1C. The highest BCUT2D eigenvalue weighted by Gasteiger charge is 2.36. The van der Waals surface area contributed by atoms with Gasteiger partial charge in [0.05, 0.1) is 29.6 Å². The summed E-state index contributed by atoms with van der Waals surface area (Å²) in [6, 6.07) is 7.87. The second-order valence-corrected chi connectivity index (χ2v) is 7.35. The predicted octanol–water partition coefficient (Wildman–Crippen LogP) is 3.40. The minimum Gasteiger partial charge on any atom is -0.467 e. The Labute approximate surface area is 158 Å². The number of thiazole rings is 1. The third-order valence-electron chi connectivity index (χ3n) is 4.38. The van der Waals surface area contributed by atoms with Crippen LogP contribution in [0.5, 0.6) is 0 Å². The van der Waals surface area contributed by atoms with E-state index in [9.17, 15) is 14.4 Å². The van der Waals surface area contributed by atoms with Gasteiger partial charge in [-0.1, -0.05) is 0 Å². The number of nitrogens with one attached hydrogen (secondary N) is 1. The first-order chi connectivity index (χ1) is 12.9. The lowest BCUT2D eigenvalue weighted by molar-refractivity contribution is 0.0631. The second kappa shape index (κ2) is 6.48. The van der Waals surface area contributed by atoms with Crippen molar-refractivity contribution in [3.8, 4) is 0 Å². The van der Waals surface area contributed by atoms with E-state index < -0.39 is 11.8 Å². The van der Waals surface area contributed by atoms with Crippen molar-refractivity contribution in [2.45, 2.75) is 20.4 Å². The van der Waals surface area contributed by atoms with Crippen molar-refractivity contribution in [2.24, 2.45) is 0 Å². The summed E-state index contributed by atoms with van der Waals surface area (Å²) in [4.78, 5) is 44.0. The van der Waals surface area contributed by atoms with Gasteiger partial charge in [-0.05, 0) is 44.2 Å². The summed E-state index contributed by atoms with van der Waals surface area (Å²) in [6.45, 7) is 3.85. The van der Waals surface area contributed by atoms with Crippen molar-refractivity contribution < 1.29 is 18.8 Å². The van der Waals surface area contributed by atoms with Crippen LogP contribution in [-0.2, 0) is 6.54 Å². The molecule has 0 unspecified atom stereocenters. The summed E-state index contributed by atoms with van der Waals surface area (Å²) in [5, 5.41) is 3.23. The van der Waals surface area contributed by atoms with Crippen molar-refractivity contribution in [2.75, 3.05) is 5.32 Å².